The summed E-state index contributed by atoms with van der Waals surface area (Å²) in [7, 11) is 0. The fourth-order valence-electron chi connectivity index (χ4n) is 1.44. The minimum Gasteiger partial charge on any atom is -0.466 e. The van der Waals surface area contributed by atoms with Crippen molar-refractivity contribution in [3.63, 3.8) is 0 Å². The average molecular weight is 223 g/mol. The van der Waals surface area contributed by atoms with E-state index in [1.165, 1.54) is 6.07 Å². The van der Waals surface area contributed by atoms with Crippen LogP contribution in [-0.2, 0) is 16.0 Å². The van der Waals surface area contributed by atoms with Gasteiger partial charge in [-0.2, -0.15) is 0 Å². The number of nitro benzene ring substituents is 1. The van der Waals surface area contributed by atoms with Crippen LogP contribution < -0.4 is 0 Å². The summed E-state index contributed by atoms with van der Waals surface area (Å²) in [5.41, 5.74) is 1.11. The van der Waals surface area contributed by atoms with Crippen LogP contribution in [0.3, 0.4) is 0 Å². The molecule has 0 unspecified atom stereocenters. The zero-order valence-electron chi connectivity index (χ0n) is 9.23. The van der Waals surface area contributed by atoms with Crippen molar-refractivity contribution < 1.29 is 14.5 Å². The van der Waals surface area contributed by atoms with Gasteiger partial charge in [0.05, 0.1) is 18.0 Å². The number of aryl methyl sites for hydroxylation is 1. The molecule has 1 aromatic carbocycles. The van der Waals surface area contributed by atoms with Crippen molar-refractivity contribution in [2.45, 2.75) is 20.3 Å². The third kappa shape index (κ3) is 2.79. The Morgan fingerprint density at radius 2 is 2.19 bits per heavy atom. The molecule has 0 aliphatic carbocycles. The van der Waals surface area contributed by atoms with Crippen molar-refractivity contribution in [2.24, 2.45) is 0 Å². The number of nitrogens with zero attached hydrogens (tertiary/aromatic N) is 1. The van der Waals surface area contributed by atoms with E-state index in [0.717, 1.165) is 5.56 Å². The van der Waals surface area contributed by atoms with Crippen LogP contribution >= 0.6 is 0 Å². The van der Waals surface area contributed by atoms with Crippen LogP contribution in [0, 0.1) is 17.0 Å². The summed E-state index contributed by atoms with van der Waals surface area (Å²) in [5.74, 6) is -0.445. The summed E-state index contributed by atoms with van der Waals surface area (Å²) in [4.78, 5) is 21.6. The van der Waals surface area contributed by atoms with Crippen molar-refractivity contribution in [1.29, 1.82) is 0 Å². The van der Waals surface area contributed by atoms with Crippen LogP contribution in [0.2, 0.25) is 0 Å². The molecule has 1 aromatic rings. The summed E-state index contributed by atoms with van der Waals surface area (Å²) in [5, 5.41) is 10.8. The first-order valence-electron chi connectivity index (χ1n) is 4.94. The molecule has 0 aliphatic rings. The highest BCUT2D eigenvalue weighted by Crippen LogP contribution is 2.22. The second-order valence-corrected chi connectivity index (χ2v) is 3.31. The Hall–Kier alpha value is -1.91. The lowest BCUT2D eigenvalue weighted by atomic mass is 10.0. The number of hydrogen-bond acceptors (Lipinski definition) is 4. The fourth-order valence-corrected chi connectivity index (χ4v) is 1.44. The average Bonchev–Trinajstić information content (AvgIpc) is 2.21. The van der Waals surface area contributed by atoms with E-state index < -0.39 is 10.9 Å². The Kier molecular flexibility index (Phi) is 3.99. The highest BCUT2D eigenvalue weighted by Gasteiger charge is 2.18. The molecule has 86 valence electrons. The molecule has 0 saturated heterocycles. The van der Waals surface area contributed by atoms with E-state index in [0.29, 0.717) is 5.56 Å². The largest absolute Gasteiger partial charge is 0.466 e. The maximum absolute atomic E-state index is 11.3. The molecule has 1 rings (SSSR count). The van der Waals surface area contributed by atoms with E-state index in [-0.39, 0.29) is 18.7 Å². The van der Waals surface area contributed by atoms with Crippen LogP contribution in [0.25, 0.3) is 0 Å². The third-order valence-electron chi connectivity index (χ3n) is 2.21. The Morgan fingerprint density at radius 1 is 1.50 bits per heavy atom. The number of hydrogen-bond donors (Lipinski definition) is 0. The Labute approximate surface area is 93.2 Å². The molecule has 0 amide bonds. The standard InChI is InChI=1S/C11H13NO4/c1-3-16-11(13)7-9-8(2)5-4-6-10(9)12(14)15/h4-6H,3,7H2,1-2H3. The van der Waals surface area contributed by atoms with Crippen LogP contribution in [-0.4, -0.2) is 17.5 Å². The zero-order chi connectivity index (χ0) is 12.1. The Bertz CT molecular complexity index is 414. The van der Waals surface area contributed by atoms with Crippen LogP contribution in [0.15, 0.2) is 18.2 Å². The second-order valence-electron chi connectivity index (χ2n) is 3.31. The number of esters is 1. The molecular weight excluding hydrogens is 210 g/mol. The van der Waals surface area contributed by atoms with Crippen LogP contribution in [0.4, 0.5) is 5.69 Å². The molecule has 5 nitrogen and oxygen atoms in total. The lowest BCUT2D eigenvalue weighted by Crippen LogP contribution is -2.10. The highest BCUT2D eigenvalue weighted by atomic mass is 16.6. The predicted octanol–water partition coefficient (Wildman–Crippen LogP) is 2.01. The van der Waals surface area contributed by atoms with Crippen molar-refractivity contribution >= 4 is 11.7 Å². The van der Waals surface area contributed by atoms with E-state index in [1.54, 1.807) is 26.0 Å². The highest BCUT2D eigenvalue weighted by molar-refractivity contribution is 5.74. The van der Waals surface area contributed by atoms with E-state index in [1.807, 2.05) is 0 Å². The van der Waals surface area contributed by atoms with Gasteiger partial charge >= 0.3 is 5.97 Å². The summed E-state index contributed by atoms with van der Waals surface area (Å²) in [6.07, 6.45) is -0.0587. The lowest BCUT2D eigenvalue weighted by Gasteiger charge is -2.06. The molecule has 0 spiro atoms. The van der Waals surface area contributed by atoms with Gasteiger partial charge in [0.15, 0.2) is 0 Å². The molecule has 0 saturated carbocycles. The minimum atomic E-state index is -0.485. The molecule has 5 heteroatoms. The van der Waals surface area contributed by atoms with Gasteiger partial charge in [-0.25, -0.2) is 0 Å². The number of rotatable bonds is 4. The normalized spacial score (nSPS) is 9.88. The summed E-state index contributed by atoms with van der Waals surface area (Å²) in [6, 6.07) is 4.73. The lowest BCUT2D eigenvalue weighted by molar-refractivity contribution is -0.385. The first-order valence-corrected chi connectivity index (χ1v) is 4.94. The SMILES string of the molecule is CCOC(=O)Cc1c(C)cccc1[N+](=O)[O-]. The number of nitro groups is 1. The molecule has 0 atom stereocenters. The quantitative estimate of drug-likeness (QED) is 0.444. The first-order chi connectivity index (χ1) is 7.56. The topological polar surface area (TPSA) is 69.4 Å². The minimum absolute atomic E-state index is 0.0342. The van der Waals surface area contributed by atoms with Crippen molar-refractivity contribution in [3.05, 3.63) is 39.4 Å². The molecule has 0 aromatic heterocycles. The summed E-state index contributed by atoms with van der Waals surface area (Å²) < 4.78 is 4.77. The monoisotopic (exact) mass is 223 g/mol. The molecular formula is C11H13NO4. The van der Waals surface area contributed by atoms with E-state index in [2.05, 4.69) is 0 Å². The Balaban J connectivity index is 3.01. The number of carbonyl (C=O) groups is 1. The van der Waals surface area contributed by atoms with Gasteiger partial charge < -0.3 is 4.74 Å². The predicted molar refractivity (Wildman–Crippen MR) is 58.2 cm³/mol. The van der Waals surface area contributed by atoms with Gasteiger partial charge in [0.25, 0.3) is 5.69 Å². The molecule has 0 heterocycles. The maximum Gasteiger partial charge on any atom is 0.310 e. The molecule has 0 radical (unpaired) electrons. The van der Waals surface area contributed by atoms with Crippen LogP contribution in [0.5, 0.6) is 0 Å². The van der Waals surface area contributed by atoms with Gasteiger partial charge in [-0.1, -0.05) is 12.1 Å². The zero-order valence-corrected chi connectivity index (χ0v) is 9.23. The summed E-state index contributed by atoms with van der Waals surface area (Å²) in [6.45, 7) is 3.71. The van der Waals surface area contributed by atoms with Gasteiger partial charge in [-0.3, -0.25) is 14.9 Å². The maximum atomic E-state index is 11.3. The molecule has 16 heavy (non-hydrogen) atoms. The van der Waals surface area contributed by atoms with E-state index >= 15 is 0 Å². The smallest absolute Gasteiger partial charge is 0.310 e. The van der Waals surface area contributed by atoms with Gasteiger partial charge in [-0.05, 0) is 19.4 Å². The van der Waals surface area contributed by atoms with Gasteiger partial charge in [-0.15, -0.1) is 0 Å². The van der Waals surface area contributed by atoms with Crippen molar-refractivity contribution in [3.8, 4) is 0 Å². The summed E-state index contributed by atoms with van der Waals surface area (Å²) >= 11 is 0. The number of benzene rings is 1. The molecule has 0 bridgehead atoms. The number of ether oxygens (including phenoxy) is 1. The molecule has 0 N–H and O–H groups in total. The first kappa shape index (κ1) is 12.2. The second kappa shape index (κ2) is 5.25. The van der Waals surface area contributed by atoms with Crippen LogP contribution in [0.1, 0.15) is 18.1 Å². The van der Waals surface area contributed by atoms with Crippen molar-refractivity contribution in [1.82, 2.24) is 0 Å². The van der Waals surface area contributed by atoms with Gasteiger partial charge in [0.2, 0.25) is 0 Å². The van der Waals surface area contributed by atoms with E-state index in [4.69, 9.17) is 4.74 Å². The fraction of sp³-hybridized carbons (Fsp3) is 0.364. The third-order valence-corrected chi connectivity index (χ3v) is 2.21. The van der Waals surface area contributed by atoms with Gasteiger partial charge in [0, 0.05) is 11.6 Å². The molecule has 0 fully saturated rings. The van der Waals surface area contributed by atoms with E-state index in [9.17, 15) is 14.9 Å². The van der Waals surface area contributed by atoms with Gasteiger partial charge in [0.1, 0.15) is 0 Å². The molecule has 0 aliphatic heterocycles. The number of carbonyl (C=O) groups excluding carboxylic acids is 1. The van der Waals surface area contributed by atoms with Crippen molar-refractivity contribution in [2.75, 3.05) is 6.61 Å². The Morgan fingerprint density at radius 3 is 2.75 bits per heavy atom.